The second kappa shape index (κ2) is 5.38. The number of fused-ring (bicyclic) bond motifs is 1. The molecule has 0 aliphatic carbocycles. The molecule has 3 nitrogen and oxygen atoms in total. The summed E-state index contributed by atoms with van der Waals surface area (Å²) in [5.41, 5.74) is 1.10. The first-order valence-corrected chi connectivity index (χ1v) is 7.24. The molecule has 0 bridgehead atoms. The minimum atomic E-state index is -0.143. The molecule has 1 aliphatic rings. The Hall–Kier alpha value is -0.910. The Kier molecular flexibility index (Phi) is 4.04. The fraction of sp³-hybridized carbons (Fsp3) is 0.429. The number of rotatable bonds is 4. The predicted molar refractivity (Wildman–Crippen MR) is 78.6 cm³/mol. The third kappa shape index (κ3) is 2.58. The van der Waals surface area contributed by atoms with Gasteiger partial charge in [-0.3, -0.25) is 14.5 Å². The number of nitrogens with zero attached hydrogens (tertiary/aromatic N) is 1. The van der Waals surface area contributed by atoms with Crippen LogP contribution in [0, 0.1) is 9.49 Å². The van der Waals surface area contributed by atoms with Crippen LogP contribution in [0.2, 0.25) is 0 Å². The van der Waals surface area contributed by atoms with Gasteiger partial charge in [-0.15, -0.1) is 0 Å². The van der Waals surface area contributed by atoms with E-state index in [0.29, 0.717) is 23.6 Å². The molecule has 1 aliphatic heterocycles. The van der Waals surface area contributed by atoms with Crippen molar-refractivity contribution >= 4 is 34.4 Å². The van der Waals surface area contributed by atoms with Crippen LogP contribution >= 0.6 is 22.6 Å². The minimum Gasteiger partial charge on any atom is -0.274 e. The zero-order chi connectivity index (χ0) is 13.3. The smallest absolute Gasteiger partial charge is 0.261 e. The normalized spacial score (nSPS) is 14.6. The number of hydrogen-bond donors (Lipinski definition) is 0. The molecule has 0 atom stereocenters. The minimum absolute atomic E-state index is 0.141. The highest BCUT2D eigenvalue weighted by Crippen LogP contribution is 2.25. The van der Waals surface area contributed by atoms with Crippen LogP contribution in [0.4, 0.5) is 0 Å². The van der Waals surface area contributed by atoms with E-state index in [1.54, 1.807) is 12.1 Å². The number of halogens is 1. The van der Waals surface area contributed by atoms with Gasteiger partial charge < -0.3 is 0 Å². The summed E-state index contributed by atoms with van der Waals surface area (Å²) in [6.45, 7) is 4.82. The number of hydrogen-bond acceptors (Lipinski definition) is 2. The summed E-state index contributed by atoms with van der Waals surface area (Å²) >= 11 is 2.15. The summed E-state index contributed by atoms with van der Waals surface area (Å²) in [4.78, 5) is 25.6. The van der Waals surface area contributed by atoms with E-state index < -0.39 is 0 Å². The molecule has 0 radical (unpaired) electrons. The maximum absolute atomic E-state index is 12.1. The summed E-state index contributed by atoms with van der Waals surface area (Å²) in [7, 11) is 0. The highest BCUT2D eigenvalue weighted by Gasteiger charge is 2.34. The second-order valence-corrected chi connectivity index (χ2v) is 6.23. The summed E-state index contributed by atoms with van der Waals surface area (Å²) in [5.74, 6) is 0.313. The molecule has 0 saturated carbocycles. The fourth-order valence-electron chi connectivity index (χ4n) is 2.12. The van der Waals surface area contributed by atoms with Crippen LogP contribution in [0.1, 0.15) is 47.4 Å². The van der Waals surface area contributed by atoms with Gasteiger partial charge in [0, 0.05) is 10.1 Å². The Morgan fingerprint density at radius 2 is 1.83 bits per heavy atom. The van der Waals surface area contributed by atoms with Crippen molar-refractivity contribution in [2.45, 2.75) is 26.7 Å². The van der Waals surface area contributed by atoms with Gasteiger partial charge in [0.05, 0.1) is 11.1 Å². The van der Waals surface area contributed by atoms with Crippen molar-refractivity contribution in [1.29, 1.82) is 0 Å². The predicted octanol–water partition coefficient (Wildman–Crippen LogP) is 3.32. The molecule has 0 fully saturated rings. The molecule has 4 heteroatoms. The Morgan fingerprint density at radius 1 is 1.17 bits per heavy atom. The van der Waals surface area contributed by atoms with Crippen molar-refractivity contribution in [2.75, 3.05) is 6.54 Å². The van der Waals surface area contributed by atoms with E-state index in [4.69, 9.17) is 0 Å². The first kappa shape index (κ1) is 13.5. The largest absolute Gasteiger partial charge is 0.274 e. The standard InChI is InChI=1S/C14H16INO2/c1-9(2)4-3-7-16-13(17)11-6-5-10(15)8-12(11)14(16)18/h5-6,8-9H,3-4,7H2,1-2H3. The first-order valence-electron chi connectivity index (χ1n) is 6.16. The van der Waals surface area contributed by atoms with E-state index in [0.717, 1.165) is 16.4 Å². The van der Waals surface area contributed by atoms with Gasteiger partial charge in [-0.1, -0.05) is 13.8 Å². The zero-order valence-corrected chi connectivity index (χ0v) is 12.7. The maximum Gasteiger partial charge on any atom is 0.261 e. The zero-order valence-electron chi connectivity index (χ0n) is 10.6. The van der Waals surface area contributed by atoms with Crippen LogP contribution < -0.4 is 0 Å². The molecule has 1 aromatic carbocycles. The van der Waals surface area contributed by atoms with Crippen molar-refractivity contribution < 1.29 is 9.59 Å². The van der Waals surface area contributed by atoms with Crippen LogP contribution in [0.5, 0.6) is 0 Å². The van der Waals surface area contributed by atoms with E-state index in [1.807, 2.05) is 6.07 Å². The second-order valence-electron chi connectivity index (χ2n) is 4.99. The molecule has 0 spiro atoms. The molecule has 0 N–H and O–H groups in total. The number of amides is 2. The van der Waals surface area contributed by atoms with Crippen LogP contribution in [-0.4, -0.2) is 23.3 Å². The molecule has 18 heavy (non-hydrogen) atoms. The molecule has 0 unspecified atom stereocenters. The topological polar surface area (TPSA) is 37.4 Å². The quantitative estimate of drug-likeness (QED) is 0.612. The van der Waals surface area contributed by atoms with Gasteiger partial charge in [-0.2, -0.15) is 0 Å². The lowest BCUT2D eigenvalue weighted by molar-refractivity contribution is 0.0650. The molecular formula is C14H16INO2. The third-order valence-electron chi connectivity index (χ3n) is 3.10. The van der Waals surface area contributed by atoms with Gasteiger partial charge >= 0.3 is 0 Å². The average Bonchev–Trinajstić information content (AvgIpc) is 2.53. The van der Waals surface area contributed by atoms with Crippen molar-refractivity contribution in [1.82, 2.24) is 4.90 Å². The van der Waals surface area contributed by atoms with Gasteiger partial charge in [0.15, 0.2) is 0 Å². The lowest BCUT2D eigenvalue weighted by Gasteiger charge is -2.14. The highest BCUT2D eigenvalue weighted by atomic mass is 127. The SMILES string of the molecule is CC(C)CCCN1C(=O)c2ccc(I)cc2C1=O. The van der Waals surface area contributed by atoms with Crippen LogP contribution in [0.15, 0.2) is 18.2 Å². The summed E-state index contributed by atoms with van der Waals surface area (Å²) in [5, 5.41) is 0. The molecule has 1 heterocycles. The van der Waals surface area contributed by atoms with Crippen molar-refractivity contribution in [3.05, 3.63) is 32.9 Å². The summed E-state index contributed by atoms with van der Waals surface area (Å²) < 4.78 is 0.983. The molecule has 0 saturated heterocycles. The molecule has 2 rings (SSSR count). The van der Waals surface area contributed by atoms with E-state index >= 15 is 0 Å². The number of imide groups is 1. The van der Waals surface area contributed by atoms with E-state index in [2.05, 4.69) is 36.4 Å². The Bertz CT molecular complexity index is 497. The Labute approximate surface area is 121 Å². The number of carbonyl (C=O) groups is 2. The lowest BCUT2D eigenvalue weighted by Crippen LogP contribution is -2.30. The Morgan fingerprint density at radius 3 is 2.50 bits per heavy atom. The molecule has 2 amide bonds. The van der Waals surface area contributed by atoms with E-state index in [-0.39, 0.29) is 11.8 Å². The van der Waals surface area contributed by atoms with Gasteiger partial charge in [-0.25, -0.2) is 0 Å². The molecule has 96 valence electrons. The van der Waals surface area contributed by atoms with Gasteiger partial charge in [0.1, 0.15) is 0 Å². The van der Waals surface area contributed by atoms with Crippen molar-refractivity contribution in [3.8, 4) is 0 Å². The lowest BCUT2D eigenvalue weighted by atomic mass is 10.1. The Balaban J connectivity index is 2.13. The molecule has 0 aromatic heterocycles. The fourth-order valence-corrected chi connectivity index (χ4v) is 2.61. The van der Waals surface area contributed by atoms with Crippen LogP contribution in [0.25, 0.3) is 0 Å². The van der Waals surface area contributed by atoms with Crippen molar-refractivity contribution in [3.63, 3.8) is 0 Å². The van der Waals surface area contributed by atoms with Crippen LogP contribution in [-0.2, 0) is 0 Å². The number of benzene rings is 1. The van der Waals surface area contributed by atoms with E-state index in [9.17, 15) is 9.59 Å². The first-order chi connectivity index (χ1) is 8.50. The van der Waals surface area contributed by atoms with Gasteiger partial charge in [-0.05, 0) is 59.5 Å². The highest BCUT2D eigenvalue weighted by molar-refractivity contribution is 14.1. The van der Waals surface area contributed by atoms with Gasteiger partial charge in [0.2, 0.25) is 0 Å². The summed E-state index contributed by atoms with van der Waals surface area (Å²) in [6, 6.07) is 5.40. The molecule has 1 aromatic rings. The van der Waals surface area contributed by atoms with Gasteiger partial charge in [0.25, 0.3) is 11.8 Å². The van der Waals surface area contributed by atoms with E-state index in [1.165, 1.54) is 4.90 Å². The van der Waals surface area contributed by atoms with Crippen LogP contribution in [0.3, 0.4) is 0 Å². The summed E-state index contributed by atoms with van der Waals surface area (Å²) in [6.07, 6.45) is 1.91. The maximum atomic E-state index is 12.1. The third-order valence-corrected chi connectivity index (χ3v) is 3.77. The average molecular weight is 357 g/mol. The number of carbonyl (C=O) groups excluding carboxylic acids is 2. The van der Waals surface area contributed by atoms with Crippen molar-refractivity contribution in [2.24, 2.45) is 5.92 Å². The monoisotopic (exact) mass is 357 g/mol. The molecular weight excluding hydrogens is 341 g/mol.